The third-order valence-electron chi connectivity index (χ3n) is 4.38. The summed E-state index contributed by atoms with van der Waals surface area (Å²) in [6, 6.07) is 28.6. The van der Waals surface area contributed by atoms with Crippen molar-refractivity contribution >= 4 is 44.6 Å². The molecule has 1 aliphatic heterocycles. The zero-order chi connectivity index (χ0) is 18.6. The molecule has 3 aromatic rings. The van der Waals surface area contributed by atoms with Gasteiger partial charge in [0.25, 0.3) is 0 Å². The summed E-state index contributed by atoms with van der Waals surface area (Å²) in [6.45, 7) is 0. The molecule has 0 unspecified atom stereocenters. The number of hydrazine groups is 1. The lowest BCUT2D eigenvalue weighted by molar-refractivity contribution is 0.348. The van der Waals surface area contributed by atoms with E-state index in [9.17, 15) is 0 Å². The monoisotopic (exact) mass is 435 g/mol. The van der Waals surface area contributed by atoms with Crippen LogP contribution in [0.4, 0.5) is 5.69 Å². The molecule has 5 heteroatoms. The summed E-state index contributed by atoms with van der Waals surface area (Å²) in [6.07, 6.45) is 2.21. The second kappa shape index (κ2) is 7.94. The maximum Gasteiger partial charge on any atom is 0.193 e. The van der Waals surface area contributed by atoms with E-state index in [-0.39, 0.29) is 6.04 Å². The van der Waals surface area contributed by atoms with E-state index in [1.54, 1.807) is 0 Å². The first kappa shape index (κ1) is 17.8. The molecule has 3 nitrogen and oxygen atoms in total. The van der Waals surface area contributed by atoms with Gasteiger partial charge in [0.2, 0.25) is 0 Å². The average Bonchev–Trinajstić information content (AvgIpc) is 3.16. The van der Waals surface area contributed by atoms with Crippen molar-refractivity contribution < 1.29 is 0 Å². The molecule has 0 bridgehead atoms. The van der Waals surface area contributed by atoms with Gasteiger partial charge in [-0.3, -0.25) is 10.4 Å². The summed E-state index contributed by atoms with van der Waals surface area (Å²) in [7, 11) is 0. The molecule has 1 aliphatic rings. The van der Waals surface area contributed by atoms with Gasteiger partial charge < -0.3 is 5.32 Å². The molecule has 0 aliphatic carbocycles. The Hall–Kier alpha value is -2.63. The Balaban J connectivity index is 1.64. The first-order chi connectivity index (χ1) is 13.2. The molecule has 0 saturated carbocycles. The fourth-order valence-electron chi connectivity index (χ4n) is 3.04. The second-order valence-corrected chi connectivity index (χ2v) is 7.52. The predicted octanol–water partition coefficient (Wildman–Crippen LogP) is 5.75. The quantitative estimate of drug-likeness (QED) is 0.512. The SMILES string of the molecule is S=C(Nc1ccccc1)N1NC(c2ccccc2)=C[C@@H]1c1ccc(Br)cc1. The number of anilines is 1. The summed E-state index contributed by atoms with van der Waals surface area (Å²) in [4.78, 5) is 0. The van der Waals surface area contributed by atoms with Crippen LogP contribution in [-0.4, -0.2) is 10.1 Å². The number of rotatable bonds is 3. The molecular weight excluding hydrogens is 418 g/mol. The minimum absolute atomic E-state index is 0.00276. The fraction of sp³-hybridized carbons (Fsp3) is 0.0455. The van der Waals surface area contributed by atoms with Crippen molar-refractivity contribution in [1.82, 2.24) is 10.4 Å². The number of hydrogen-bond acceptors (Lipinski definition) is 2. The van der Waals surface area contributed by atoms with Gasteiger partial charge in [-0.2, -0.15) is 0 Å². The lowest BCUT2D eigenvalue weighted by atomic mass is 10.0. The molecule has 2 N–H and O–H groups in total. The lowest BCUT2D eigenvalue weighted by Crippen LogP contribution is -2.42. The van der Waals surface area contributed by atoms with E-state index in [0.717, 1.165) is 27.0 Å². The fourth-order valence-corrected chi connectivity index (χ4v) is 3.58. The van der Waals surface area contributed by atoms with Crippen molar-refractivity contribution in [2.75, 3.05) is 5.32 Å². The molecule has 0 saturated heterocycles. The summed E-state index contributed by atoms with van der Waals surface area (Å²) in [5, 5.41) is 5.93. The average molecular weight is 436 g/mol. The van der Waals surface area contributed by atoms with Crippen molar-refractivity contribution in [1.29, 1.82) is 0 Å². The summed E-state index contributed by atoms with van der Waals surface area (Å²) >= 11 is 9.22. The maximum absolute atomic E-state index is 5.71. The highest BCUT2D eigenvalue weighted by Crippen LogP contribution is 2.32. The van der Waals surface area contributed by atoms with Crippen LogP contribution in [0.25, 0.3) is 5.70 Å². The van der Waals surface area contributed by atoms with E-state index in [1.807, 2.05) is 53.5 Å². The van der Waals surface area contributed by atoms with Gasteiger partial charge in [-0.25, -0.2) is 0 Å². The topological polar surface area (TPSA) is 27.3 Å². The van der Waals surface area contributed by atoms with Crippen molar-refractivity contribution in [2.24, 2.45) is 0 Å². The summed E-state index contributed by atoms with van der Waals surface area (Å²) in [5.74, 6) is 0. The Morgan fingerprint density at radius 2 is 1.52 bits per heavy atom. The van der Waals surface area contributed by atoms with E-state index >= 15 is 0 Å². The molecule has 0 spiro atoms. The highest BCUT2D eigenvalue weighted by atomic mass is 79.9. The molecule has 1 heterocycles. The Bertz CT molecular complexity index is 956. The Kier molecular flexibility index (Phi) is 5.23. The van der Waals surface area contributed by atoms with Gasteiger partial charge in [0, 0.05) is 10.2 Å². The van der Waals surface area contributed by atoms with Crippen LogP contribution in [0.2, 0.25) is 0 Å². The Morgan fingerprint density at radius 1 is 0.889 bits per heavy atom. The number of nitrogens with zero attached hydrogens (tertiary/aromatic N) is 1. The van der Waals surface area contributed by atoms with Crippen LogP contribution in [0.3, 0.4) is 0 Å². The molecule has 134 valence electrons. The molecule has 0 fully saturated rings. The molecule has 0 radical (unpaired) electrons. The van der Waals surface area contributed by atoms with Crippen LogP contribution in [0.15, 0.2) is 95.5 Å². The van der Waals surface area contributed by atoms with E-state index in [2.05, 4.69) is 69.1 Å². The molecule has 0 aromatic heterocycles. The third kappa shape index (κ3) is 4.04. The lowest BCUT2D eigenvalue weighted by Gasteiger charge is -2.28. The largest absolute Gasteiger partial charge is 0.331 e. The van der Waals surface area contributed by atoms with E-state index in [1.165, 1.54) is 0 Å². The van der Waals surface area contributed by atoms with Crippen LogP contribution in [0, 0.1) is 0 Å². The van der Waals surface area contributed by atoms with Crippen molar-refractivity contribution in [3.05, 3.63) is 107 Å². The zero-order valence-electron chi connectivity index (χ0n) is 14.5. The molecule has 27 heavy (non-hydrogen) atoms. The van der Waals surface area contributed by atoms with Gasteiger partial charge in [-0.05, 0) is 53.7 Å². The standard InChI is InChI=1S/C22H18BrN3S/c23-18-13-11-17(12-14-18)21-15-20(16-7-3-1-4-8-16)25-26(21)22(27)24-19-9-5-2-6-10-19/h1-15,21,25H,(H,24,27)/t21-/m1/s1. The van der Waals surface area contributed by atoms with Gasteiger partial charge in [-0.15, -0.1) is 0 Å². The predicted molar refractivity (Wildman–Crippen MR) is 119 cm³/mol. The number of thiocarbonyl (C=S) groups is 1. The summed E-state index contributed by atoms with van der Waals surface area (Å²) < 4.78 is 1.06. The smallest absolute Gasteiger partial charge is 0.193 e. The van der Waals surface area contributed by atoms with Crippen LogP contribution in [0.5, 0.6) is 0 Å². The van der Waals surface area contributed by atoms with Crippen molar-refractivity contribution in [3.8, 4) is 0 Å². The second-order valence-electron chi connectivity index (χ2n) is 6.22. The zero-order valence-corrected chi connectivity index (χ0v) is 16.9. The molecule has 1 atom stereocenters. The summed E-state index contributed by atoms with van der Waals surface area (Å²) in [5.41, 5.74) is 7.77. The minimum atomic E-state index is -0.00276. The van der Waals surface area contributed by atoms with Gasteiger partial charge >= 0.3 is 0 Å². The van der Waals surface area contributed by atoms with E-state index < -0.39 is 0 Å². The first-order valence-corrected chi connectivity index (χ1v) is 9.85. The van der Waals surface area contributed by atoms with Gasteiger partial charge in [-0.1, -0.05) is 76.6 Å². The normalized spacial score (nSPS) is 15.8. The molecular formula is C22H18BrN3S. The van der Waals surface area contributed by atoms with Gasteiger partial charge in [0.05, 0.1) is 11.7 Å². The number of benzene rings is 3. The Labute approximate surface area is 172 Å². The number of hydrogen-bond donors (Lipinski definition) is 2. The highest BCUT2D eigenvalue weighted by Gasteiger charge is 2.28. The number of nitrogens with one attached hydrogen (secondary N) is 2. The first-order valence-electron chi connectivity index (χ1n) is 8.65. The molecule has 0 amide bonds. The molecule has 3 aromatic carbocycles. The van der Waals surface area contributed by atoms with Crippen LogP contribution in [-0.2, 0) is 0 Å². The van der Waals surface area contributed by atoms with Crippen LogP contribution < -0.4 is 10.7 Å². The number of para-hydroxylation sites is 1. The van der Waals surface area contributed by atoms with Crippen LogP contribution >= 0.6 is 28.1 Å². The molecule has 4 rings (SSSR count). The number of halogens is 1. The highest BCUT2D eigenvalue weighted by molar-refractivity contribution is 9.10. The third-order valence-corrected chi connectivity index (χ3v) is 5.21. The minimum Gasteiger partial charge on any atom is -0.331 e. The van der Waals surface area contributed by atoms with Crippen LogP contribution in [0.1, 0.15) is 17.2 Å². The van der Waals surface area contributed by atoms with Gasteiger partial charge in [0.1, 0.15) is 0 Å². The van der Waals surface area contributed by atoms with Crippen molar-refractivity contribution in [3.63, 3.8) is 0 Å². The van der Waals surface area contributed by atoms with E-state index in [0.29, 0.717) is 5.11 Å². The van der Waals surface area contributed by atoms with Crippen molar-refractivity contribution in [2.45, 2.75) is 6.04 Å². The van der Waals surface area contributed by atoms with E-state index in [4.69, 9.17) is 12.2 Å². The maximum atomic E-state index is 5.71. The Morgan fingerprint density at radius 3 is 2.19 bits per heavy atom. The van der Waals surface area contributed by atoms with Gasteiger partial charge in [0.15, 0.2) is 5.11 Å².